The number of carbonyl (C=O) groups is 3. The van der Waals surface area contributed by atoms with Crippen LogP contribution < -0.4 is 10.1 Å². The Labute approximate surface area is 210 Å². The number of nitrogens with zero attached hydrogens (tertiary/aromatic N) is 3. The third-order valence-corrected chi connectivity index (χ3v) is 6.40. The molecule has 2 heterocycles. The average Bonchev–Trinajstić information content (AvgIpc) is 3.30. The van der Waals surface area contributed by atoms with Crippen molar-refractivity contribution in [1.82, 2.24) is 19.8 Å². The summed E-state index contributed by atoms with van der Waals surface area (Å²) in [7, 11) is 1.24. The molecule has 0 unspecified atom stereocenters. The molecule has 2 amide bonds. The van der Waals surface area contributed by atoms with Crippen molar-refractivity contribution in [2.24, 2.45) is 0 Å². The van der Waals surface area contributed by atoms with Gasteiger partial charge in [0.1, 0.15) is 17.0 Å². The molecule has 0 radical (unpaired) electrons. The zero-order valence-corrected chi connectivity index (χ0v) is 20.9. The highest BCUT2D eigenvalue weighted by Gasteiger charge is 2.49. The van der Waals surface area contributed by atoms with Crippen molar-refractivity contribution >= 4 is 17.8 Å². The summed E-state index contributed by atoms with van der Waals surface area (Å²) in [5.74, 6) is -0.885. The molecule has 1 atom stereocenters. The van der Waals surface area contributed by atoms with Gasteiger partial charge in [-0.15, -0.1) is 0 Å². The van der Waals surface area contributed by atoms with E-state index in [1.54, 1.807) is 11.5 Å². The van der Waals surface area contributed by atoms with Gasteiger partial charge in [0.25, 0.3) is 5.91 Å². The minimum Gasteiger partial charge on any atom is -0.494 e. The lowest BCUT2D eigenvalue weighted by atomic mass is 9.93. The van der Waals surface area contributed by atoms with E-state index in [1.165, 1.54) is 18.3 Å². The molecule has 9 nitrogen and oxygen atoms in total. The standard InChI is InChI=1S/C27H30N4O5/c1-5-36-21-9-7-6-8-20(21)15-31-24(32)23-22(25(33)35-4)29-17-30(23)16-27(31,3)26(34)28-14-19-12-10-18(2)11-13-19/h6-13,17H,5,14-16H2,1-4H3,(H,28,34)/t27-/m0/s1. The Morgan fingerprint density at radius 3 is 2.56 bits per heavy atom. The molecule has 3 aromatic rings. The summed E-state index contributed by atoms with van der Waals surface area (Å²) >= 11 is 0. The number of carbonyl (C=O) groups excluding carboxylic acids is 3. The molecule has 1 aromatic heterocycles. The highest BCUT2D eigenvalue weighted by Crippen LogP contribution is 2.32. The first-order valence-corrected chi connectivity index (χ1v) is 11.8. The van der Waals surface area contributed by atoms with E-state index in [9.17, 15) is 14.4 Å². The number of rotatable bonds is 8. The highest BCUT2D eigenvalue weighted by atomic mass is 16.5. The highest BCUT2D eigenvalue weighted by molar-refractivity contribution is 6.06. The van der Waals surface area contributed by atoms with Crippen molar-refractivity contribution in [2.45, 2.75) is 45.9 Å². The van der Waals surface area contributed by atoms with Crippen LogP contribution in [0.15, 0.2) is 54.9 Å². The van der Waals surface area contributed by atoms with Crippen molar-refractivity contribution in [1.29, 1.82) is 0 Å². The quantitative estimate of drug-likeness (QED) is 0.487. The molecule has 9 heteroatoms. The van der Waals surface area contributed by atoms with Gasteiger partial charge in [-0.2, -0.15) is 0 Å². The van der Waals surface area contributed by atoms with E-state index in [1.807, 2.05) is 62.4 Å². The second-order valence-corrected chi connectivity index (χ2v) is 8.94. The first kappa shape index (κ1) is 25.0. The van der Waals surface area contributed by atoms with Crippen LogP contribution in [0.4, 0.5) is 0 Å². The predicted molar refractivity (Wildman–Crippen MR) is 132 cm³/mol. The topological polar surface area (TPSA) is 103 Å². The van der Waals surface area contributed by atoms with Gasteiger partial charge in [-0.05, 0) is 32.4 Å². The van der Waals surface area contributed by atoms with Gasteiger partial charge < -0.3 is 24.3 Å². The SMILES string of the molecule is CCOc1ccccc1CN1C(=O)c2c(C(=O)OC)ncn2C[C@@]1(C)C(=O)NCc1ccc(C)cc1. The van der Waals surface area contributed by atoms with Gasteiger partial charge >= 0.3 is 5.97 Å². The number of hydrogen-bond donors (Lipinski definition) is 1. The molecule has 2 aromatic carbocycles. The first-order valence-electron chi connectivity index (χ1n) is 11.8. The summed E-state index contributed by atoms with van der Waals surface area (Å²) in [6.07, 6.45) is 1.40. The van der Waals surface area contributed by atoms with Crippen LogP contribution in [0, 0.1) is 6.92 Å². The Hall–Kier alpha value is -4.14. The third-order valence-electron chi connectivity index (χ3n) is 6.40. The maximum absolute atomic E-state index is 13.9. The van der Waals surface area contributed by atoms with Gasteiger partial charge in [-0.3, -0.25) is 9.59 Å². The predicted octanol–water partition coefficient (Wildman–Crippen LogP) is 3.11. The summed E-state index contributed by atoms with van der Waals surface area (Å²) in [6, 6.07) is 15.3. The van der Waals surface area contributed by atoms with Gasteiger partial charge in [0, 0.05) is 12.1 Å². The first-order chi connectivity index (χ1) is 17.3. The molecule has 188 valence electrons. The number of imidazole rings is 1. The zero-order valence-electron chi connectivity index (χ0n) is 20.9. The van der Waals surface area contributed by atoms with E-state index >= 15 is 0 Å². The van der Waals surface area contributed by atoms with Crippen LogP contribution in [0.3, 0.4) is 0 Å². The molecule has 0 saturated carbocycles. The normalized spacial score (nSPS) is 16.9. The lowest BCUT2D eigenvalue weighted by Gasteiger charge is -2.44. The molecule has 0 spiro atoms. The summed E-state index contributed by atoms with van der Waals surface area (Å²) < 4.78 is 12.1. The minimum absolute atomic E-state index is 0.0762. The van der Waals surface area contributed by atoms with Crippen LogP contribution in [0.2, 0.25) is 0 Å². The van der Waals surface area contributed by atoms with Crippen molar-refractivity contribution in [3.05, 3.63) is 82.9 Å². The number of hydrogen-bond acceptors (Lipinski definition) is 6. The molecule has 0 saturated heterocycles. The van der Waals surface area contributed by atoms with Gasteiger partial charge in [0.2, 0.25) is 5.91 Å². The van der Waals surface area contributed by atoms with Gasteiger partial charge in [-0.25, -0.2) is 9.78 Å². The Kier molecular flexibility index (Phi) is 7.10. The summed E-state index contributed by atoms with van der Waals surface area (Å²) in [6.45, 7) is 6.60. The largest absolute Gasteiger partial charge is 0.494 e. The Bertz CT molecular complexity index is 1280. The Balaban J connectivity index is 1.71. The number of aromatic nitrogens is 2. The number of ether oxygens (including phenoxy) is 2. The Morgan fingerprint density at radius 1 is 1.14 bits per heavy atom. The summed E-state index contributed by atoms with van der Waals surface area (Å²) in [5, 5.41) is 2.99. The molecule has 1 aliphatic rings. The fourth-order valence-corrected chi connectivity index (χ4v) is 4.36. The number of benzene rings is 2. The maximum atomic E-state index is 13.9. The number of methoxy groups -OCH3 is 1. The van der Waals surface area contributed by atoms with E-state index in [4.69, 9.17) is 9.47 Å². The second-order valence-electron chi connectivity index (χ2n) is 8.94. The molecule has 0 bridgehead atoms. The van der Waals surface area contributed by atoms with Gasteiger partial charge in [0.05, 0.1) is 33.1 Å². The smallest absolute Gasteiger partial charge is 0.359 e. The molecular weight excluding hydrogens is 460 g/mol. The third kappa shape index (κ3) is 4.68. The fraction of sp³-hybridized carbons (Fsp3) is 0.333. The lowest BCUT2D eigenvalue weighted by Crippen LogP contribution is -2.63. The number of para-hydroxylation sites is 1. The van der Waals surface area contributed by atoms with Crippen molar-refractivity contribution in [3.63, 3.8) is 0 Å². The van der Waals surface area contributed by atoms with Crippen LogP contribution >= 0.6 is 0 Å². The second kappa shape index (κ2) is 10.2. The van der Waals surface area contributed by atoms with Crippen LogP contribution in [-0.4, -0.2) is 51.5 Å². The van der Waals surface area contributed by atoms with Gasteiger partial charge in [0.15, 0.2) is 5.69 Å². The number of amides is 2. The summed E-state index contributed by atoms with van der Waals surface area (Å²) in [4.78, 5) is 45.4. The Morgan fingerprint density at radius 2 is 1.86 bits per heavy atom. The van der Waals surface area contributed by atoms with Crippen LogP contribution in [0.1, 0.15) is 51.5 Å². The molecule has 1 aliphatic heterocycles. The van der Waals surface area contributed by atoms with Crippen LogP contribution in [-0.2, 0) is 29.2 Å². The van der Waals surface area contributed by atoms with E-state index < -0.39 is 17.4 Å². The van der Waals surface area contributed by atoms with E-state index in [0.717, 1.165) is 16.7 Å². The molecule has 36 heavy (non-hydrogen) atoms. The molecule has 1 N–H and O–H groups in total. The minimum atomic E-state index is -1.26. The van der Waals surface area contributed by atoms with E-state index in [0.29, 0.717) is 18.9 Å². The van der Waals surface area contributed by atoms with E-state index in [2.05, 4.69) is 10.3 Å². The van der Waals surface area contributed by atoms with E-state index in [-0.39, 0.29) is 30.4 Å². The van der Waals surface area contributed by atoms with Gasteiger partial charge in [-0.1, -0.05) is 48.0 Å². The average molecular weight is 491 g/mol. The summed E-state index contributed by atoms with van der Waals surface area (Å²) in [5.41, 5.74) is 1.58. The van der Waals surface area contributed by atoms with Crippen molar-refractivity contribution < 1.29 is 23.9 Å². The van der Waals surface area contributed by atoms with Crippen LogP contribution in [0.5, 0.6) is 5.75 Å². The number of esters is 1. The zero-order chi connectivity index (χ0) is 25.9. The maximum Gasteiger partial charge on any atom is 0.359 e. The van der Waals surface area contributed by atoms with Crippen molar-refractivity contribution in [3.8, 4) is 5.75 Å². The molecular formula is C27H30N4O5. The lowest BCUT2D eigenvalue weighted by molar-refractivity contribution is -0.133. The number of aryl methyl sites for hydroxylation is 1. The molecule has 0 aliphatic carbocycles. The fourth-order valence-electron chi connectivity index (χ4n) is 4.36. The number of fused-ring (bicyclic) bond motifs is 1. The monoisotopic (exact) mass is 490 g/mol. The van der Waals surface area contributed by atoms with Crippen molar-refractivity contribution in [2.75, 3.05) is 13.7 Å². The molecule has 0 fully saturated rings. The van der Waals surface area contributed by atoms with Crippen LogP contribution in [0.25, 0.3) is 0 Å². The number of nitrogens with one attached hydrogen (secondary N) is 1. The molecule has 4 rings (SSSR count).